The number of hydrogen-bond donors (Lipinski definition) is 1. The Morgan fingerprint density at radius 3 is 2.77 bits per heavy atom. The van der Waals surface area contributed by atoms with Gasteiger partial charge < -0.3 is 14.7 Å². The molecule has 1 aliphatic rings. The summed E-state index contributed by atoms with van der Waals surface area (Å²) in [5.74, 6) is -0.290. The molecule has 0 aliphatic heterocycles. The lowest BCUT2D eigenvalue weighted by molar-refractivity contribution is 0.0860. The molecule has 2 heterocycles. The smallest absolute Gasteiger partial charge is 0.295 e. The van der Waals surface area contributed by atoms with Crippen LogP contribution in [0.1, 0.15) is 54.5 Å². The first-order valence-corrected chi connectivity index (χ1v) is 12.0. The van der Waals surface area contributed by atoms with Crippen LogP contribution in [-0.2, 0) is 16.0 Å². The van der Waals surface area contributed by atoms with Crippen LogP contribution in [0.15, 0.2) is 56.8 Å². The number of aliphatic hydroxyl groups is 1. The highest BCUT2D eigenvalue weighted by Gasteiger charge is 2.24. The Balaban J connectivity index is 2.05. The molecule has 3 rings (SSSR count). The van der Waals surface area contributed by atoms with Crippen LogP contribution in [0.4, 0.5) is 4.39 Å². The fourth-order valence-corrected chi connectivity index (χ4v) is 4.18. The predicted molar refractivity (Wildman–Crippen MR) is 132 cm³/mol. The molecule has 0 saturated carbocycles. The number of methoxy groups -OCH3 is 1. The van der Waals surface area contributed by atoms with Gasteiger partial charge in [-0.25, -0.2) is 9.40 Å². The molecule has 35 heavy (non-hydrogen) atoms. The van der Waals surface area contributed by atoms with Gasteiger partial charge in [0.15, 0.2) is 0 Å². The third kappa shape index (κ3) is 6.23. The van der Waals surface area contributed by atoms with E-state index in [1.54, 1.807) is 38.3 Å². The zero-order chi connectivity index (χ0) is 25.7. The van der Waals surface area contributed by atoms with Gasteiger partial charge in [0.05, 0.1) is 35.1 Å². The molecule has 1 unspecified atom stereocenters. The highest BCUT2D eigenvalue weighted by Crippen LogP contribution is 2.28. The Kier molecular flexibility index (Phi) is 8.57. The first kappa shape index (κ1) is 26.3. The van der Waals surface area contributed by atoms with Gasteiger partial charge in [0.2, 0.25) is 0 Å². The first-order chi connectivity index (χ1) is 16.6. The van der Waals surface area contributed by atoms with Crippen molar-refractivity contribution < 1.29 is 23.9 Å². The van der Waals surface area contributed by atoms with Gasteiger partial charge in [-0.1, -0.05) is 11.2 Å². The summed E-state index contributed by atoms with van der Waals surface area (Å²) in [5.41, 5.74) is 0.464. The van der Waals surface area contributed by atoms with E-state index in [9.17, 15) is 19.1 Å². The molecular formula is C24H29FN4O5S. The standard InChI is InChI=1S/C24H29FN4O5S/c1-14(2)34-27-15(3)18-12-17(13-20(30)19-11-16(25)8-9-21(19)33-5)26-29(23(18)31)28(4)24(32)22-7-6-10-35-22/h6-7,10-12,14,20,30H,8-9,13H2,1-5H3/b27-15+. The van der Waals surface area contributed by atoms with Crippen LogP contribution in [0.25, 0.3) is 0 Å². The number of aromatic nitrogens is 2. The number of nitrogens with zero attached hydrogens (tertiary/aromatic N) is 4. The number of carbonyl (C=O) groups is 1. The Hall–Kier alpha value is -3.31. The number of halogens is 1. The monoisotopic (exact) mass is 504 g/mol. The fraction of sp³-hybridized carbons (Fsp3) is 0.417. The molecule has 1 atom stereocenters. The Labute approximate surface area is 206 Å². The van der Waals surface area contributed by atoms with Crippen LogP contribution in [0.2, 0.25) is 0 Å². The average molecular weight is 505 g/mol. The summed E-state index contributed by atoms with van der Waals surface area (Å²) < 4.78 is 19.3. The van der Waals surface area contributed by atoms with Crippen molar-refractivity contribution in [3.8, 4) is 0 Å². The normalized spacial score (nSPS) is 15.2. The number of carbonyl (C=O) groups excluding carboxylic acids is 1. The minimum absolute atomic E-state index is 0.0569. The molecule has 188 valence electrons. The van der Waals surface area contributed by atoms with Gasteiger partial charge in [-0.2, -0.15) is 5.10 Å². The summed E-state index contributed by atoms with van der Waals surface area (Å²) in [7, 11) is 2.90. The first-order valence-electron chi connectivity index (χ1n) is 11.1. The van der Waals surface area contributed by atoms with Crippen molar-refractivity contribution in [3.05, 3.63) is 73.3 Å². The minimum Gasteiger partial charge on any atom is -0.501 e. The van der Waals surface area contributed by atoms with Crippen molar-refractivity contribution in [2.75, 3.05) is 19.2 Å². The summed E-state index contributed by atoms with van der Waals surface area (Å²) in [6, 6.07) is 4.87. The third-order valence-electron chi connectivity index (χ3n) is 5.28. The van der Waals surface area contributed by atoms with Crippen LogP contribution >= 0.6 is 11.3 Å². The third-order valence-corrected chi connectivity index (χ3v) is 6.14. The summed E-state index contributed by atoms with van der Waals surface area (Å²) in [6.07, 6.45) is 0.390. The number of oxime groups is 1. The molecule has 0 radical (unpaired) electrons. The molecule has 0 fully saturated rings. The molecule has 2 aromatic rings. The zero-order valence-electron chi connectivity index (χ0n) is 20.3. The molecular weight excluding hydrogens is 475 g/mol. The van der Waals surface area contributed by atoms with Crippen LogP contribution in [-0.4, -0.2) is 53.0 Å². The molecule has 1 amide bonds. The van der Waals surface area contributed by atoms with E-state index in [0.717, 1.165) is 9.80 Å². The number of allylic oxidation sites excluding steroid dienone is 2. The van der Waals surface area contributed by atoms with Gasteiger partial charge in [-0.3, -0.25) is 9.59 Å². The van der Waals surface area contributed by atoms with E-state index in [1.165, 1.54) is 37.6 Å². The lowest BCUT2D eigenvalue weighted by atomic mass is 9.96. The molecule has 9 nitrogen and oxygen atoms in total. The van der Waals surface area contributed by atoms with Crippen LogP contribution < -0.4 is 10.6 Å². The van der Waals surface area contributed by atoms with E-state index in [2.05, 4.69) is 10.3 Å². The molecule has 1 N–H and O–H groups in total. The zero-order valence-corrected chi connectivity index (χ0v) is 21.1. The Morgan fingerprint density at radius 1 is 1.40 bits per heavy atom. The highest BCUT2D eigenvalue weighted by molar-refractivity contribution is 7.12. The minimum atomic E-state index is -1.15. The van der Waals surface area contributed by atoms with Gasteiger partial charge in [-0.15, -0.1) is 16.1 Å². The van der Waals surface area contributed by atoms with E-state index in [-0.39, 0.29) is 36.0 Å². The molecule has 0 saturated heterocycles. The van der Waals surface area contributed by atoms with E-state index < -0.39 is 17.6 Å². The van der Waals surface area contributed by atoms with Crippen molar-refractivity contribution in [1.29, 1.82) is 0 Å². The van der Waals surface area contributed by atoms with Gasteiger partial charge >= 0.3 is 0 Å². The Morgan fingerprint density at radius 2 is 2.14 bits per heavy atom. The summed E-state index contributed by atoms with van der Waals surface area (Å²) >= 11 is 1.24. The number of amides is 1. The maximum absolute atomic E-state index is 13.9. The van der Waals surface area contributed by atoms with Gasteiger partial charge in [-0.05, 0) is 44.4 Å². The van der Waals surface area contributed by atoms with Crippen LogP contribution in [0, 0.1) is 0 Å². The molecule has 2 aromatic heterocycles. The molecule has 11 heteroatoms. The van der Waals surface area contributed by atoms with Crippen molar-refractivity contribution in [1.82, 2.24) is 9.89 Å². The summed E-state index contributed by atoms with van der Waals surface area (Å²) in [5, 5.41) is 22.1. The van der Waals surface area contributed by atoms with Crippen LogP contribution in [0.5, 0.6) is 0 Å². The van der Waals surface area contributed by atoms with E-state index >= 15 is 0 Å². The van der Waals surface area contributed by atoms with E-state index in [4.69, 9.17) is 9.57 Å². The number of ether oxygens (including phenoxy) is 1. The highest BCUT2D eigenvalue weighted by atomic mass is 32.1. The van der Waals surface area contributed by atoms with Gasteiger partial charge in [0.1, 0.15) is 17.7 Å². The Bertz CT molecular complexity index is 1220. The molecule has 0 spiro atoms. The van der Waals surface area contributed by atoms with E-state index in [0.29, 0.717) is 28.3 Å². The molecule has 1 aliphatic carbocycles. The van der Waals surface area contributed by atoms with Crippen molar-refractivity contribution in [2.24, 2.45) is 5.16 Å². The van der Waals surface area contributed by atoms with Crippen molar-refractivity contribution >= 4 is 23.0 Å². The van der Waals surface area contributed by atoms with Crippen LogP contribution in [0.3, 0.4) is 0 Å². The number of hydrogen-bond acceptors (Lipinski definition) is 8. The van der Waals surface area contributed by atoms with Gasteiger partial charge in [0, 0.05) is 31.9 Å². The fourth-order valence-electron chi connectivity index (χ4n) is 3.48. The quantitative estimate of drug-likeness (QED) is 0.415. The number of rotatable bonds is 9. The maximum Gasteiger partial charge on any atom is 0.295 e. The second kappa shape index (κ2) is 11.4. The second-order valence-electron chi connectivity index (χ2n) is 8.27. The average Bonchev–Trinajstić information content (AvgIpc) is 3.37. The summed E-state index contributed by atoms with van der Waals surface area (Å²) in [6.45, 7) is 5.21. The SMILES string of the molecule is COC1=C(C(O)Cc2cc(/C(C)=N/OC(C)C)c(=O)n(N(C)C(=O)c3cccs3)n2)C=C(F)CC1. The topological polar surface area (TPSA) is 106 Å². The second-order valence-corrected chi connectivity index (χ2v) is 9.22. The van der Waals surface area contributed by atoms with Gasteiger partial charge in [0.25, 0.3) is 11.5 Å². The maximum atomic E-state index is 13.9. The summed E-state index contributed by atoms with van der Waals surface area (Å²) in [4.78, 5) is 32.9. The predicted octanol–water partition coefficient (Wildman–Crippen LogP) is 3.31. The molecule has 0 aromatic carbocycles. The largest absolute Gasteiger partial charge is 0.501 e. The van der Waals surface area contributed by atoms with E-state index in [1.807, 2.05) is 0 Å². The number of thiophene rings is 1. The van der Waals surface area contributed by atoms with Crippen molar-refractivity contribution in [3.63, 3.8) is 0 Å². The molecule has 0 bridgehead atoms. The lowest BCUT2D eigenvalue weighted by Gasteiger charge is -2.22. The lowest BCUT2D eigenvalue weighted by Crippen LogP contribution is -2.46. The van der Waals surface area contributed by atoms with Crippen molar-refractivity contribution in [2.45, 2.75) is 52.2 Å². The number of aliphatic hydroxyl groups excluding tert-OH is 1.